The van der Waals surface area contributed by atoms with E-state index in [1.807, 2.05) is 37.3 Å². The molecule has 3 heterocycles. The van der Waals surface area contributed by atoms with E-state index in [2.05, 4.69) is 9.88 Å². The number of sulfone groups is 1. The Morgan fingerprint density at radius 1 is 1.03 bits per heavy atom. The van der Waals surface area contributed by atoms with Gasteiger partial charge in [0.25, 0.3) is 0 Å². The molecule has 5 rings (SSSR count). The van der Waals surface area contributed by atoms with Gasteiger partial charge in [0.15, 0.2) is 16.9 Å². The molecule has 2 aliphatic rings. The fourth-order valence-electron chi connectivity index (χ4n) is 4.55. The maximum Gasteiger partial charge on any atom is 0.214 e. The molecule has 168 valence electrons. The van der Waals surface area contributed by atoms with Crippen LogP contribution >= 0.6 is 0 Å². The van der Waals surface area contributed by atoms with Crippen LogP contribution in [0, 0.1) is 6.92 Å². The number of benzene rings is 2. The van der Waals surface area contributed by atoms with Crippen molar-refractivity contribution in [2.75, 3.05) is 38.3 Å². The molecular formula is C24H27N2O5S+. The van der Waals surface area contributed by atoms with Gasteiger partial charge in [-0.2, -0.15) is 0 Å². The van der Waals surface area contributed by atoms with Crippen LogP contribution < -0.4 is 14.6 Å². The first-order chi connectivity index (χ1) is 15.4. The third kappa shape index (κ3) is 3.62. The smallest absolute Gasteiger partial charge is 0.214 e. The number of aromatic nitrogens is 1. The number of nitrogens with zero attached hydrogens (tertiary/aromatic N) is 1. The average molecular weight is 456 g/mol. The summed E-state index contributed by atoms with van der Waals surface area (Å²) in [5.74, 6) is 0.133. The summed E-state index contributed by atoms with van der Waals surface area (Å²) in [6.07, 6.45) is 2.97. The summed E-state index contributed by atoms with van der Waals surface area (Å²) < 4.78 is 44.6. The highest BCUT2D eigenvalue weighted by Gasteiger charge is 2.41. The molecule has 0 atom stereocenters. The number of hydrogen-bond donors (Lipinski definition) is 0. The normalized spacial score (nSPS) is 18.4. The molecule has 0 bridgehead atoms. The molecule has 2 aromatic carbocycles. The molecule has 1 spiro atoms. The van der Waals surface area contributed by atoms with Gasteiger partial charge < -0.3 is 19.1 Å². The molecule has 1 N–H and O–H groups in total. The maximum atomic E-state index is 13.7. The summed E-state index contributed by atoms with van der Waals surface area (Å²) in [6, 6.07) is 12.6. The van der Waals surface area contributed by atoms with Crippen molar-refractivity contribution in [3.8, 4) is 5.75 Å². The maximum absolute atomic E-state index is 13.7. The van der Waals surface area contributed by atoms with Crippen LogP contribution in [0.4, 0.5) is 5.69 Å². The van der Waals surface area contributed by atoms with Crippen molar-refractivity contribution in [1.29, 1.82) is 0 Å². The second-order valence-corrected chi connectivity index (χ2v) is 10.2. The van der Waals surface area contributed by atoms with Crippen molar-refractivity contribution in [2.24, 2.45) is 0 Å². The molecule has 0 unspecified atom stereocenters. The molecule has 2 aliphatic heterocycles. The number of hydrogen-bond acceptors (Lipinski definition) is 6. The predicted octanol–water partition coefficient (Wildman–Crippen LogP) is 3.15. The van der Waals surface area contributed by atoms with E-state index in [0.717, 1.165) is 16.5 Å². The van der Waals surface area contributed by atoms with Crippen LogP contribution in [0.15, 0.2) is 58.5 Å². The first-order valence-corrected chi connectivity index (χ1v) is 12.3. The summed E-state index contributed by atoms with van der Waals surface area (Å²) in [6.45, 7) is 4.41. The van der Waals surface area contributed by atoms with Gasteiger partial charge in [0.05, 0.1) is 36.3 Å². The van der Waals surface area contributed by atoms with Crippen molar-refractivity contribution in [3.05, 3.63) is 54.2 Å². The van der Waals surface area contributed by atoms with Crippen LogP contribution in [0.2, 0.25) is 0 Å². The highest BCUT2D eigenvalue weighted by atomic mass is 32.2. The third-order valence-electron chi connectivity index (χ3n) is 6.35. The topological polar surface area (TPSA) is 79.2 Å². The Morgan fingerprint density at radius 3 is 2.38 bits per heavy atom. The number of aryl methyl sites for hydroxylation is 1. The summed E-state index contributed by atoms with van der Waals surface area (Å²) in [4.78, 5) is 5.84. The number of aromatic amines is 1. The van der Waals surface area contributed by atoms with Crippen LogP contribution in [0.5, 0.6) is 5.75 Å². The van der Waals surface area contributed by atoms with Gasteiger partial charge in [-0.15, -0.1) is 0 Å². The number of nitrogens with one attached hydrogen (secondary N) is 1. The number of H-pyrrole nitrogens is 1. The highest BCUT2D eigenvalue weighted by Crippen LogP contribution is 2.40. The Balaban J connectivity index is 1.65. The quantitative estimate of drug-likeness (QED) is 0.601. The van der Waals surface area contributed by atoms with Crippen molar-refractivity contribution >= 4 is 26.4 Å². The number of fused-ring (bicyclic) bond motifs is 1. The molecule has 0 saturated carbocycles. The summed E-state index contributed by atoms with van der Waals surface area (Å²) in [5.41, 5.74) is 2.54. The molecule has 0 radical (unpaired) electrons. The molecule has 3 aromatic rings. The predicted molar refractivity (Wildman–Crippen MR) is 120 cm³/mol. The molecule has 0 amide bonds. The largest absolute Gasteiger partial charge is 0.497 e. The zero-order valence-corrected chi connectivity index (χ0v) is 19.1. The van der Waals surface area contributed by atoms with Gasteiger partial charge in [0.1, 0.15) is 5.75 Å². The van der Waals surface area contributed by atoms with Crippen LogP contribution in [0.25, 0.3) is 10.9 Å². The number of rotatable bonds is 4. The first-order valence-electron chi connectivity index (χ1n) is 10.8. The Kier molecular flexibility index (Phi) is 5.31. The lowest BCUT2D eigenvalue weighted by molar-refractivity contribution is -0.347. The lowest BCUT2D eigenvalue weighted by atomic mass is 10.0. The van der Waals surface area contributed by atoms with Crippen LogP contribution in [0.1, 0.15) is 18.4 Å². The molecule has 2 fully saturated rings. The van der Waals surface area contributed by atoms with Crippen LogP contribution in [0.3, 0.4) is 0 Å². The van der Waals surface area contributed by atoms with E-state index in [4.69, 9.17) is 14.2 Å². The Bertz CT molecular complexity index is 1240. The Labute approximate surface area is 187 Å². The summed E-state index contributed by atoms with van der Waals surface area (Å²) in [7, 11) is -2.14. The van der Waals surface area contributed by atoms with Gasteiger partial charge in [-0.25, -0.2) is 13.4 Å². The minimum Gasteiger partial charge on any atom is -0.497 e. The van der Waals surface area contributed by atoms with Gasteiger partial charge in [-0.05, 0) is 31.2 Å². The standard InChI is InChI=1S/C24H26N2O5S/c1-17-3-6-19(7-4-17)32(27,28)22-16-25-21-8-5-18(29-2)15-20(21)23(22)26-11-9-24(10-12-26)30-13-14-31-24/h3-8,15-16H,9-14H2,1-2H3/p+1. The number of piperidine rings is 1. The molecule has 2 saturated heterocycles. The average Bonchev–Trinajstić information content (AvgIpc) is 3.26. The lowest BCUT2D eigenvalue weighted by Gasteiger charge is -2.39. The van der Waals surface area contributed by atoms with E-state index < -0.39 is 15.6 Å². The van der Waals surface area contributed by atoms with Gasteiger partial charge in [0, 0.05) is 32.0 Å². The van der Waals surface area contributed by atoms with E-state index in [9.17, 15) is 8.42 Å². The molecule has 7 nitrogen and oxygen atoms in total. The minimum atomic E-state index is -3.75. The van der Waals surface area contributed by atoms with Gasteiger partial charge >= 0.3 is 0 Å². The van der Waals surface area contributed by atoms with Gasteiger partial charge in [-0.3, -0.25) is 0 Å². The third-order valence-corrected chi connectivity index (χ3v) is 8.13. The van der Waals surface area contributed by atoms with Gasteiger partial charge in [0.2, 0.25) is 15.4 Å². The van der Waals surface area contributed by atoms with Crippen molar-refractivity contribution in [3.63, 3.8) is 0 Å². The van der Waals surface area contributed by atoms with Crippen LogP contribution in [-0.4, -0.2) is 47.6 Å². The molecule has 8 heteroatoms. The molecule has 0 aliphatic carbocycles. The highest BCUT2D eigenvalue weighted by molar-refractivity contribution is 7.91. The van der Waals surface area contributed by atoms with Crippen molar-refractivity contribution in [2.45, 2.75) is 35.3 Å². The number of pyridine rings is 1. The Hall–Kier alpha value is -2.68. The monoisotopic (exact) mass is 455 g/mol. The Morgan fingerprint density at radius 2 is 1.72 bits per heavy atom. The fraction of sp³-hybridized carbons (Fsp3) is 0.375. The van der Waals surface area contributed by atoms with E-state index in [0.29, 0.717) is 50.6 Å². The van der Waals surface area contributed by atoms with E-state index in [1.54, 1.807) is 25.4 Å². The first kappa shape index (κ1) is 21.2. The zero-order valence-electron chi connectivity index (χ0n) is 18.3. The van der Waals surface area contributed by atoms with Crippen molar-refractivity contribution < 1.29 is 27.6 Å². The number of methoxy groups -OCH3 is 1. The van der Waals surface area contributed by atoms with E-state index in [1.165, 1.54) is 0 Å². The summed E-state index contributed by atoms with van der Waals surface area (Å²) >= 11 is 0. The second kappa shape index (κ2) is 8.03. The SMILES string of the molecule is COc1ccc2[nH+]cc(S(=O)(=O)c3ccc(C)cc3)c(N3CCC4(CC3)OCCO4)c2c1. The molecule has 32 heavy (non-hydrogen) atoms. The zero-order chi connectivity index (χ0) is 22.3. The second-order valence-electron chi connectivity index (χ2n) is 8.32. The fourth-order valence-corrected chi connectivity index (χ4v) is 6.00. The van der Waals surface area contributed by atoms with Crippen LogP contribution in [-0.2, 0) is 19.3 Å². The lowest BCUT2D eigenvalue weighted by Crippen LogP contribution is -2.45. The van der Waals surface area contributed by atoms with Gasteiger partial charge in [-0.1, -0.05) is 17.7 Å². The molecule has 1 aromatic heterocycles. The summed E-state index contributed by atoms with van der Waals surface area (Å²) in [5, 5.41) is 0.807. The number of anilines is 1. The van der Waals surface area contributed by atoms with E-state index >= 15 is 0 Å². The molecular weight excluding hydrogens is 428 g/mol. The minimum absolute atomic E-state index is 0.256. The van der Waals surface area contributed by atoms with E-state index in [-0.39, 0.29) is 9.79 Å². The van der Waals surface area contributed by atoms with Crippen molar-refractivity contribution in [1.82, 2.24) is 0 Å². The number of ether oxygens (including phenoxy) is 3.